The highest BCUT2D eigenvalue weighted by molar-refractivity contribution is 5.55. The lowest BCUT2D eigenvalue weighted by Gasteiger charge is -2.12. The number of rotatable bonds is 8. The molecule has 17 heavy (non-hydrogen) atoms. The van der Waals surface area contributed by atoms with Crippen LogP contribution in [0.15, 0.2) is 28.7 Å². The summed E-state index contributed by atoms with van der Waals surface area (Å²) >= 11 is 0. The maximum atomic E-state index is 5.76. The highest BCUT2D eigenvalue weighted by Crippen LogP contribution is 2.00. The quantitative estimate of drug-likeness (QED) is 0.500. The Labute approximate surface area is 105 Å². The van der Waals surface area contributed by atoms with Crippen LogP contribution < -0.4 is 11.1 Å². The minimum absolute atomic E-state index is 0.534. The molecule has 0 saturated heterocycles. The van der Waals surface area contributed by atoms with Gasteiger partial charge in [-0.15, -0.1) is 0 Å². The van der Waals surface area contributed by atoms with E-state index in [9.17, 15) is 0 Å². The van der Waals surface area contributed by atoms with Crippen LogP contribution in [-0.4, -0.2) is 38.3 Å². The third-order valence-corrected chi connectivity index (χ3v) is 2.12. The molecule has 0 aromatic rings. The van der Waals surface area contributed by atoms with E-state index in [-0.39, 0.29) is 0 Å². The number of likely N-dealkylation sites (N-methyl/N-ethyl adjacent to an activating group) is 1. The zero-order valence-corrected chi connectivity index (χ0v) is 11.5. The Morgan fingerprint density at radius 1 is 1.41 bits per heavy atom. The lowest BCUT2D eigenvalue weighted by molar-refractivity contribution is 0.408. The maximum Gasteiger partial charge on any atom is 0.124 e. The lowest BCUT2D eigenvalue weighted by Crippen LogP contribution is -2.26. The number of hydrogen-bond acceptors (Lipinski definition) is 4. The van der Waals surface area contributed by atoms with E-state index >= 15 is 0 Å². The van der Waals surface area contributed by atoms with Gasteiger partial charge in [-0.1, -0.05) is 19.4 Å². The van der Waals surface area contributed by atoms with Crippen LogP contribution in [0.4, 0.5) is 0 Å². The van der Waals surface area contributed by atoms with Gasteiger partial charge >= 0.3 is 0 Å². The van der Waals surface area contributed by atoms with Gasteiger partial charge in [0.15, 0.2) is 0 Å². The van der Waals surface area contributed by atoms with Crippen molar-refractivity contribution in [1.29, 1.82) is 0 Å². The molecule has 3 N–H and O–H groups in total. The van der Waals surface area contributed by atoms with Crippen LogP contribution in [0.5, 0.6) is 0 Å². The molecule has 0 bridgehead atoms. The van der Waals surface area contributed by atoms with Gasteiger partial charge in [-0.3, -0.25) is 0 Å². The number of nitrogens with one attached hydrogen (secondary N) is 1. The SMILES string of the molecule is C\C=N/C(N)=C\C(=C\CCC)NCCN(C)C. The summed E-state index contributed by atoms with van der Waals surface area (Å²) in [6.07, 6.45) is 7.91. The monoisotopic (exact) mass is 238 g/mol. The Bertz CT molecular complexity index is 277. The predicted octanol–water partition coefficient (Wildman–Crippen LogP) is 1.71. The number of aliphatic imine (C=N–C) groups is 1. The van der Waals surface area contributed by atoms with E-state index in [1.54, 1.807) is 6.21 Å². The van der Waals surface area contributed by atoms with E-state index in [2.05, 4.69) is 42.3 Å². The predicted molar refractivity (Wildman–Crippen MR) is 76.0 cm³/mol. The lowest BCUT2D eigenvalue weighted by atomic mass is 10.2. The van der Waals surface area contributed by atoms with Crippen LogP contribution in [0, 0.1) is 0 Å². The van der Waals surface area contributed by atoms with E-state index in [0.29, 0.717) is 5.82 Å². The van der Waals surface area contributed by atoms with Gasteiger partial charge in [0, 0.05) is 31.1 Å². The van der Waals surface area contributed by atoms with Gasteiger partial charge in [-0.2, -0.15) is 0 Å². The van der Waals surface area contributed by atoms with Gasteiger partial charge in [0.05, 0.1) is 0 Å². The first-order chi connectivity index (χ1) is 8.10. The van der Waals surface area contributed by atoms with Crippen LogP contribution >= 0.6 is 0 Å². The minimum atomic E-state index is 0.534. The van der Waals surface area contributed by atoms with Crippen molar-refractivity contribution in [3.05, 3.63) is 23.7 Å². The highest BCUT2D eigenvalue weighted by atomic mass is 15.1. The van der Waals surface area contributed by atoms with Crippen LogP contribution in [0.1, 0.15) is 26.7 Å². The average Bonchev–Trinajstić information content (AvgIpc) is 2.25. The first kappa shape index (κ1) is 15.7. The van der Waals surface area contributed by atoms with Gasteiger partial charge in [0.2, 0.25) is 0 Å². The molecule has 0 amide bonds. The van der Waals surface area contributed by atoms with Crippen LogP contribution in [0.2, 0.25) is 0 Å². The van der Waals surface area contributed by atoms with Crippen LogP contribution in [0.3, 0.4) is 0 Å². The summed E-state index contributed by atoms with van der Waals surface area (Å²) in [7, 11) is 4.12. The molecule has 0 aliphatic heterocycles. The van der Waals surface area contributed by atoms with Gasteiger partial charge < -0.3 is 16.0 Å². The molecular weight excluding hydrogens is 212 g/mol. The minimum Gasteiger partial charge on any atom is -0.384 e. The van der Waals surface area contributed by atoms with Crippen molar-refractivity contribution in [2.45, 2.75) is 26.7 Å². The molecule has 0 spiro atoms. The number of nitrogens with zero attached hydrogens (tertiary/aromatic N) is 2. The van der Waals surface area contributed by atoms with E-state index in [1.165, 1.54) is 0 Å². The second-order valence-electron chi connectivity index (χ2n) is 4.13. The zero-order chi connectivity index (χ0) is 13.1. The second-order valence-corrected chi connectivity index (χ2v) is 4.13. The van der Waals surface area contributed by atoms with Crippen molar-refractivity contribution in [2.75, 3.05) is 27.2 Å². The van der Waals surface area contributed by atoms with Crippen molar-refractivity contribution < 1.29 is 0 Å². The fourth-order valence-electron chi connectivity index (χ4n) is 1.25. The Kier molecular flexibility index (Phi) is 9.15. The summed E-state index contributed by atoms with van der Waals surface area (Å²) in [4.78, 5) is 6.18. The van der Waals surface area contributed by atoms with Gasteiger partial charge in [-0.25, -0.2) is 4.99 Å². The van der Waals surface area contributed by atoms with Crippen molar-refractivity contribution in [3.8, 4) is 0 Å². The van der Waals surface area contributed by atoms with Crippen LogP contribution in [0.25, 0.3) is 0 Å². The molecule has 0 rings (SSSR count). The molecule has 0 fully saturated rings. The topological polar surface area (TPSA) is 53.6 Å². The number of allylic oxidation sites excluding steroid dienone is 2. The molecule has 0 atom stereocenters. The smallest absolute Gasteiger partial charge is 0.124 e. The summed E-state index contributed by atoms with van der Waals surface area (Å²) in [6, 6.07) is 0. The Hall–Kier alpha value is -1.29. The van der Waals surface area contributed by atoms with Gasteiger partial charge in [-0.05, 0) is 27.4 Å². The summed E-state index contributed by atoms with van der Waals surface area (Å²) < 4.78 is 0. The third-order valence-electron chi connectivity index (χ3n) is 2.12. The Morgan fingerprint density at radius 3 is 2.65 bits per heavy atom. The average molecular weight is 238 g/mol. The van der Waals surface area contributed by atoms with Crippen molar-refractivity contribution in [3.63, 3.8) is 0 Å². The molecule has 0 heterocycles. The molecule has 0 radical (unpaired) electrons. The summed E-state index contributed by atoms with van der Waals surface area (Å²) in [5.74, 6) is 0.534. The molecule has 0 unspecified atom stereocenters. The van der Waals surface area contributed by atoms with E-state index < -0.39 is 0 Å². The first-order valence-electron chi connectivity index (χ1n) is 6.14. The largest absolute Gasteiger partial charge is 0.384 e. The van der Waals surface area contributed by atoms with E-state index in [1.807, 2.05) is 13.0 Å². The molecule has 0 aromatic carbocycles. The molecule has 4 nitrogen and oxygen atoms in total. The molecular formula is C13H26N4. The summed E-state index contributed by atoms with van der Waals surface area (Å²) in [5.41, 5.74) is 6.81. The fraction of sp³-hybridized carbons (Fsp3) is 0.615. The molecule has 0 saturated carbocycles. The molecule has 98 valence electrons. The van der Waals surface area contributed by atoms with E-state index in [4.69, 9.17) is 5.73 Å². The molecule has 0 aliphatic rings. The molecule has 0 aliphatic carbocycles. The number of unbranched alkanes of at least 4 members (excludes halogenated alkanes) is 1. The fourth-order valence-corrected chi connectivity index (χ4v) is 1.25. The molecule has 0 aromatic heterocycles. The summed E-state index contributed by atoms with van der Waals surface area (Å²) in [6.45, 7) is 5.91. The normalized spacial score (nSPS) is 13.7. The standard InChI is InChI=1S/C13H26N4/c1-5-7-8-12(11-13(14)15-6-2)16-9-10-17(3)4/h6,8,11,16H,5,7,9-10,14H2,1-4H3/b12-8-,13-11-,15-6-. The van der Waals surface area contributed by atoms with Crippen molar-refractivity contribution in [2.24, 2.45) is 10.7 Å². The molecule has 4 heteroatoms. The Balaban J connectivity index is 4.38. The summed E-state index contributed by atoms with van der Waals surface area (Å²) in [5, 5.41) is 3.36. The number of hydrogen-bond donors (Lipinski definition) is 2. The third kappa shape index (κ3) is 9.63. The Morgan fingerprint density at radius 2 is 2.12 bits per heavy atom. The van der Waals surface area contributed by atoms with Gasteiger partial charge in [0.1, 0.15) is 5.82 Å². The van der Waals surface area contributed by atoms with Gasteiger partial charge in [0.25, 0.3) is 0 Å². The van der Waals surface area contributed by atoms with Crippen molar-refractivity contribution in [1.82, 2.24) is 10.2 Å². The zero-order valence-electron chi connectivity index (χ0n) is 11.5. The first-order valence-corrected chi connectivity index (χ1v) is 6.14. The highest BCUT2D eigenvalue weighted by Gasteiger charge is 1.95. The van der Waals surface area contributed by atoms with E-state index in [0.717, 1.165) is 31.6 Å². The van der Waals surface area contributed by atoms with Crippen LogP contribution in [-0.2, 0) is 0 Å². The van der Waals surface area contributed by atoms with Crippen molar-refractivity contribution >= 4 is 6.21 Å². The maximum absolute atomic E-state index is 5.76. The second kappa shape index (κ2) is 9.90. The number of nitrogens with two attached hydrogens (primary N) is 1.